The third kappa shape index (κ3) is 5.67. The van der Waals surface area contributed by atoms with Crippen molar-refractivity contribution in [1.29, 1.82) is 0 Å². The number of nitrogens with zero attached hydrogens (tertiary/aromatic N) is 2. The minimum Gasteiger partial charge on any atom is -0.393 e. The molecular formula is C19H28N4O4. The molecule has 0 spiro atoms. The number of carbonyl (C=O) groups excluding carboxylic acids is 2. The number of amides is 2. The van der Waals surface area contributed by atoms with Gasteiger partial charge in [0, 0.05) is 31.3 Å². The maximum absolute atomic E-state index is 12.7. The van der Waals surface area contributed by atoms with Gasteiger partial charge in [0.1, 0.15) is 5.69 Å². The van der Waals surface area contributed by atoms with Crippen molar-refractivity contribution < 1.29 is 14.5 Å². The molecule has 1 aliphatic rings. The third-order valence-corrected chi connectivity index (χ3v) is 4.88. The van der Waals surface area contributed by atoms with Gasteiger partial charge < -0.3 is 16.0 Å². The zero-order valence-corrected chi connectivity index (χ0v) is 15.8. The monoisotopic (exact) mass is 376 g/mol. The van der Waals surface area contributed by atoms with E-state index >= 15 is 0 Å². The van der Waals surface area contributed by atoms with Crippen LogP contribution in [0.3, 0.4) is 0 Å². The Balaban J connectivity index is 1.95. The summed E-state index contributed by atoms with van der Waals surface area (Å²) in [6, 6.07) is 4.06. The van der Waals surface area contributed by atoms with E-state index in [0.29, 0.717) is 19.6 Å². The highest BCUT2D eigenvalue weighted by atomic mass is 16.6. The van der Waals surface area contributed by atoms with E-state index in [1.165, 1.54) is 18.2 Å². The van der Waals surface area contributed by atoms with Gasteiger partial charge in [-0.25, -0.2) is 0 Å². The maximum atomic E-state index is 12.7. The molecule has 8 heteroatoms. The largest absolute Gasteiger partial charge is 0.393 e. The van der Waals surface area contributed by atoms with Crippen molar-refractivity contribution in [1.82, 2.24) is 10.2 Å². The van der Waals surface area contributed by atoms with Crippen LogP contribution in [-0.2, 0) is 4.79 Å². The van der Waals surface area contributed by atoms with Gasteiger partial charge >= 0.3 is 0 Å². The van der Waals surface area contributed by atoms with Gasteiger partial charge in [-0.2, -0.15) is 0 Å². The molecule has 0 aromatic heterocycles. The number of carbonyl (C=O) groups is 2. The summed E-state index contributed by atoms with van der Waals surface area (Å²) in [6.45, 7) is 3.67. The van der Waals surface area contributed by atoms with Crippen molar-refractivity contribution >= 4 is 23.2 Å². The topological polar surface area (TPSA) is 119 Å². The summed E-state index contributed by atoms with van der Waals surface area (Å²) in [5.74, 6) is -0.566. The lowest BCUT2D eigenvalue weighted by Crippen LogP contribution is -2.45. The number of nitrogens with two attached hydrogens (primary N) is 1. The minimum atomic E-state index is -0.600. The fraction of sp³-hybridized carbons (Fsp3) is 0.579. The Morgan fingerprint density at radius 3 is 2.81 bits per heavy atom. The molecule has 1 aliphatic heterocycles. The van der Waals surface area contributed by atoms with Crippen LogP contribution in [0.4, 0.5) is 11.4 Å². The number of hydrogen-bond acceptors (Lipinski definition) is 5. The zero-order chi connectivity index (χ0) is 19.8. The van der Waals surface area contributed by atoms with E-state index < -0.39 is 4.92 Å². The number of nitro benzene ring substituents is 1. The molecule has 2 rings (SSSR count). The van der Waals surface area contributed by atoms with Gasteiger partial charge in [0.05, 0.1) is 10.8 Å². The number of hydrogen-bond donors (Lipinski definition) is 2. The van der Waals surface area contributed by atoms with Crippen LogP contribution in [0.15, 0.2) is 18.2 Å². The predicted octanol–water partition coefficient (Wildman–Crippen LogP) is 2.73. The van der Waals surface area contributed by atoms with Gasteiger partial charge in [-0.15, -0.1) is 0 Å². The van der Waals surface area contributed by atoms with Gasteiger partial charge in [-0.3, -0.25) is 19.7 Å². The molecule has 0 saturated carbocycles. The van der Waals surface area contributed by atoms with Crippen LogP contribution >= 0.6 is 0 Å². The Morgan fingerprint density at radius 1 is 1.33 bits per heavy atom. The van der Waals surface area contributed by atoms with E-state index in [0.717, 1.165) is 38.5 Å². The first-order valence-corrected chi connectivity index (χ1v) is 9.55. The second kappa shape index (κ2) is 9.89. The average Bonchev–Trinajstić information content (AvgIpc) is 2.67. The molecule has 1 unspecified atom stereocenters. The van der Waals surface area contributed by atoms with Crippen LogP contribution in [0.5, 0.6) is 0 Å². The number of rotatable bonds is 8. The van der Waals surface area contributed by atoms with E-state index in [-0.39, 0.29) is 34.7 Å². The lowest BCUT2D eigenvalue weighted by atomic mass is 9.96. The molecule has 3 N–H and O–H groups in total. The highest BCUT2D eigenvalue weighted by Crippen LogP contribution is 2.25. The van der Waals surface area contributed by atoms with Gasteiger partial charge in [-0.05, 0) is 31.4 Å². The van der Waals surface area contributed by atoms with Gasteiger partial charge in [0.2, 0.25) is 5.91 Å². The Kier molecular flexibility index (Phi) is 7.57. The highest BCUT2D eigenvalue weighted by Gasteiger charge is 2.29. The SMILES string of the molecule is CCCCCCNC(=O)C1CCCN(C(=O)c2ccc(N)c([N+](=O)[O-])c2)C1. The number of anilines is 1. The smallest absolute Gasteiger partial charge is 0.292 e. The Labute approximate surface area is 159 Å². The van der Waals surface area contributed by atoms with Crippen molar-refractivity contribution in [2.24, 2.45) is 5.92 Å². The first-order valence-electron chi connectivity index (χ1n) is 9.55. The molecule has 0 radical (unpaired) electrons. The summed E-state index contributed by atoms with van der Waals surface area (Å²) < 4.78 is 0. The molecule has 1 fully saturated rings. The summed E-state index contributed by atoms with van der Waals surface area (Å²) in [7, 11) is 0. The highest BCUT2D eigenvalue weighted by molar-refractivity contribution is 5.96. The first kappa shape index (κ1) is 20.7. The van der Waals surface area contributed by atoms with Crippen LogP contribution in [0, 0.1) is 16.0 Å². The van der Waals surface area contributed by atoms with Crippen molar-refractivity contribution in [3.05, 3.63) is 33.9 Å². The van der Waals surface area contributed by atoms with E-state index in [9.17, 15) is 19.7 Å². The second-order valence-electron chi connectivity index (χ2n) is 6.97. The Hall–Kier alpha value is -2.64. The number of benzene rings is 1. The van der Waals surface area contributed by atoms with Crippen molar-refractivity contribution in [3.63, 3.8) is 0 Å². The van der Waals surface area contributed by atoms with E-state index in [2.05, 4.69) is 12.2 Å². The zero-order valence-electron chi connectivity index (χ0n) is 15.8. The van der Waals surface area contributed by atoms with Crippen molar-refractivity contribution in [2.45, 2.75) is 45.4 Å². The maximum Gasteiger partial charge on any atom is 0.292 e. The quantitative estimate of drug-likeness (QED) is 0.313. The summed E-state index contributed by atoms with van der Waals surface area (Å²) >= 11 is 0. The van der Waals surface area contributed by atoms with Gasteiger partial charge in [0.25, 0.3) is 11.6 Å². The average molecular weight is 376 g/mol. The molecule has 0 bridgehead atoms. The van der Waals surface area contributed by atoms with Crippen LogP contribution in [0.25, 0.3) is 0 Å². The van der Waals surface area contributed by atoms with Crippen molar-refractivity contribution in [2.75, 3.05) is 25.4 Å². The molecule has 2 amide bonds. The molecule has 148 valence electrons. The van der Waals surface area contributed by atoms with E-state index in [1.807, 2.05) is 0 Å². The number of likely N-dealkylation sites (tertiary alicyclic amines) is 1. The molecule has 1 heterocycles. The van der Waals surface area contributed by atoms with Gasteiger partial charge in [-0.1, -0.05) is 26.2 Å². The molecular weight excluding hydrogens is 348 g/mol. The van der Waals surface area contributed by atoms with Crippen LogP contribution in [-0.4, -0.2) is 41.3 Å². The lowest BCUT2D eigenvalue weighted by molar-refractivity contribution is -0.383. The number of nitrogen functional groups attached to an aromatic ring is 1. The molecule has 0 aliphatic carbocycles. The molecule has 1 aromatic rings. The predicted molar refractivity (Wildman–Crippen MR) is 103 cm³/mol. The van der Waals surface area contributed by atoms with Crippen LogP contribution in [0.1, 0.15) is 55.8 Å². The van der Waals surface area contributed by atoms with Crippen LogP contribution in [0.2, 0.25) is 0 Å². The number of piperidine rings is 1. The fourth-order valence-corrected chi connectivity index (χ4v) is 3.30. The third-order valence-electron chi connectivity index (χ3n) is 4.88. The number of nitrogens with one attached hydrogen (secondary N) is 1. The number of nitro groups is 1. The lowest BCUT2D eigenvalue weighted by Gasteiger charge is -2.32. The standard InChI is InChI=1S/C19H28N4O4/c1-2-3-4-5-10-21-18(24)15-7-6-11-22(13-15)19(25)14-8-9-16(20)17(12-14)23(26)27/h8-9,12,15H,2-7,10-11,13,20H2,1H3,(H,21,24). The summed E-state index contributed by atoms with van der Waals surface area (Å²) in [5, 5.41) is 14.0. The van der Waals surface area contributed by atoms with E-state index in [1.54, 1.807) is 4.90 Å². The Bertz CT molecular complexity index is 692. The molecule has 1 atom stereocenters. The molecule has 1 aromatic carbocycles. The first-order chi connectivity index (χ1) is 12.9. The normalized spacial score (nSPS) is 16.8. The van der Waals surface area contributed by atoms with Crippen LogP contribution < -0.4 is 11.1 Å². The number of unbranched alkanes of at least 4 members (excludes halogenated alkanes) is 3. The molecule has 27 heavy (non-hydrogen) atoms. The summed E-state index contributed by atoms with van der Waals surface area (Å²) in [4.78, 5) is 37.1. The van der Waals surface area contributed by atoms with Gasteiger partial charge in [0.15, 0.2) is 0 Å². The minimum absolute atomic E-state index is 0.0210. The fourth-order valence-electron chi connectivity index (χ4n) is 3.30. The molecule has 1 saturated heterocycles. The van der Waals surface area contributed by atoms with Crippen molar-refractivity contribution in [3.8, 4) is 0 Å². The second-order valence-corrected chi connectivity index (χ2v) is 6.97. The van der Waals surface area contributed by atoms with E-state index in [4.69, 9.17) is 5.73 Å². The molecule has 8 nitrogen and oxygen atoms in total. The Morgan fingerprint density at radius 2 is 2.11 bits per heavy atom. The summed E-state index contributed by atoms with van der Waals surface area (Å²) in [6.07, 6.45) is 5.85. The summed E-state index contributed by atoms with van der Waals surface area (Å²) in [5.41, 5.74) is 5.55.